The van der Waals surface area contributed by atoms with Gasteiger partial charge in [-0.3, -0.25) is 0 Å². The summed E-state index contributed by atoms with van der Waals surface area (Å²) in [6.07, 6.45) is 0.972. The van der Waals surface area contributed by atoms with Crippen molar-refractivity contribution in [2.75, 3.05) is 27.9 Å². The molecule has 0 aliphatic rings. The van der Waals surface area contributed by atoms with Crippen LogP contribution in [0.2, 0.25) is 0 Å². The van der Waals surface area contributed by atoms with Gasteiger partial charge in [-0.1, -0.05) is 12.1 Å². The average molecular weight is 209 g/mol. The fourth-order valence-electron chi connectivity index (χ4n) is 1.55. The molecule has 0 spiro atoms. The molecular formula is C12H19NO2. The van der Waals surface area contributed by atoms with Crippen molar-refractivity contribution in [3.8, 4) is 5.75 Å². The third kappa shape index (κ3) is 3.53. The summed E-state index contributed by atoms with van der Waals surface area (Å²) in [6, 6.07) is 8.46. The molecule has 0 aromatic heterocycles. The zero-order valence-electron chi connectivity index (χ0n) is 9.62. The molecule has 3 nitrogen and oxygen atoms in total. The summed E-state index contributed by atoms with van der Waals surface area (Å²) >= 11 is 0. The van der Waals surface area contributed by atoms with Crippen molar-refractivity contribution in [1.82, 2.24) is 5.32 Å². The van der Waals surface area contributed by atoms with Crippen molar-refractivity contribution in [2.24, 2.45) is 0 Å². The van der Waals surface area contributed by atoms with Crippen LogP contribution in [0.1, 0.15) is 18.0 Å². The van der Waals surface area contributed by atoms with Crippen molar-refractivity contribution >= 4 is 0 Å². The van der Waals surface area contributed by atoms with Crippen LogP contribution in [0.5, 0.6) is 5.75 Å². The maximum atomic E-state index is 5.12. The molecule has 0 amide bonds. The third-order valence-electron chi connectivity index (χ3n) is 2.48. The first-order valence-corrected chi connectivity index (χ1v) is 5.12. The Labute approximate surface area is 91.4 Å². The highest BCUT2D eigenvalue weighted by Crippen LogP contribution is 2.19. The molecule has 15 heavy (non-hydrogen) atoms. The van der Waals surface area contributed by atoms with Gasteiger partial charge in [0.05, 0.1) is 7.11 Å². The molecule has 0 heterocycles. The van der Waals surface area contributed by atoms with E-state index in [4.69, 9.17) is 9.47 Å². The van der Waals surface area contributed by atoms with Crippen LogP contribution in [0.25, 0.3) is 0 Å². The lowest BCUT2D eigenvalue weighted by atomic mass is 10.0. The molecule has 3 heteroatoms. The van der Waals surface area contributed by atoms with E-state index in [9.17, 15) is 0 Å². The van der Waals surface area contributed by atoms with Gasteiger partial charge in [0.1, 0.15) is 5.75 Å². The molecular weight excluding hydrogens is 190 g/mol. The minimum absolute atomic E-state index is 0.343. The van der Waals surface area contributed by atoms with Crippen molar-refractivity contribution in [1.29, 1.82) is 0 Å². The van der Waals surface area contributed by atoms with Gasteiger partial charge in [-0.15, -0.1) is 0 Å². The van der Waals surface area contributed by atoms with Crippen LogP contribution < -0.4 is 10.1 Å². The highest BCUT2D eigenvalue weighted by molar-refractivity contribution is 5.29. The second-order valence-electron chi connectivity index (χ2n) is 3.40. The van der Waals surface area contributed by atoms with Gasteiger partial charge >= 0.3 is 0 Å². The lowest BCUT2D eigenvalue weighted by Gasteiger charge is -2.16. The Bertz CT molecular complexity index is 271. The summed E-state index contributed by atoms with van der Waals surface area (Å²) in [6.45, 7) is 0.761. The summed E-state index contributed by atoms with van der Waals surface area (Å²) in [5, 5.41) is 3.27. The van der Waals surface area contributed by atoms with E-state index < -0.39 is 0 Å². The van der Waals surface area contributed by atoms with Crippen LogP contribution in [-0.2, 0) is 4.74 Å². The molecule has 0 aliphatic heterocycles. The van der Waals surface area contributed by atoms with Crippen LogP contribution in [0, 0.1) is 0 Å². The molecule has 84 valence electrons. The SMILES string of the molecule is CNC(CCOC)c1ccc(OC)cc1. The second-order valence-corrected chi connectivity index (χ2v) is 3.40. The third-order valence-corrected chi connectivity index (χ3v) is 2.48. The number of ether oxygens (including phenoxy) is 2. The van der Waals surface area contributed by atoms with E-state index in [2.05, 4.69) is 17.4 Å². The van der Waals surface area contributed by atoms with Gasteiger partial charge in [0.25, 0.3) is 0 Å². The summed E-state index contributed by atoms with van der Waals surface area (Å²) in [5.74, 6) is 0.889. The van der Waals surface area contributed by atoms with Crippen LogP contribution in [0.3, 0.4) is 0 Å². The Kier molecular flexibility index (Phi) is 5.15. The first-order valence-electron chi connectivity index (χ1n) is 5.12. The molecule has 0 radical (unpaired) electrons. The fraction of sp³-hybridized carbons (Fsp3) is 0.500. The maximum Gasteiger partial charge on any atom is 0.118 e. The van der Waals surface area contributed by atoms with Gasteiger partial charge in [0, 0.05) is 19.8 Å². The Hall–Kier alpha value is -1.06. The molecule has 1 N–H and O–H groups in total. The number of hydrogen-bond donors (Lipinski definition) is 1. The molecule has 1 atom stereocenters. The minimum atomic E-state index is 0.343. The monoisotopic (exact) mass is 209 g/mol. The van der Waals surface area contributed by atoms with Crippen molar-refractivity contribution in [3.05, 3.63) is 29.8 Å². The normalized spacial score (nSPS) is 12.5. The summed E-state index contributed by atoms with van der Waals surface area (Å²) in [5.41, 5.74) is 1.26. The Morgan fingerprint density at radius 1 is 1.20 bits per heavy atom. The van der Waals surface area contributed by atoms with Gasteiger partial charge in [-0.05, 0) is 31.2 Å². The first kappa shape index (κ1) is 12.0. The van der Waals surface area contributed by atoms with Crippen molar-refractivity contribution in [2.45, 2.75) is 12.5 Å². The number of nitrogens with one attached hydrogen (secondary N) is 1. The maximum absolute atomic E-state index is 5.12. The van der Waals surface area contributed by atoms with Gasteiger partial charge in [0.2, 0.25) is 0 Å². The van der Waals surface area contributed by atoms with E-state index in [1.54, 1.807) is 14.2 Å². The molecule has 1 rings (SSSR count). The van der Waals surface area contributed by atoms with Crippen molar-refractivity contribution < 1.29 is 9.47 Å². The van der Waals surface area contributed by atoms with Gasteiger partial charge < -0.3 is 14.8 Å². The highest BCUT2D eigenvalue weighted by atomic mass is 16.5. The quantitative estimate of drug-likeness (QED) is 0.777. The Morgan fingerprint density at radius 2 is 1.87 bits per heavy atom. The highest BCUT2D eigenvalue weighted by Gasteiger charge is 2.08. The average Bonchev–Trinajstić information content (AvgIpc) is 2.31. The Balaban J connectivity index is 2.65. The molecule has 1 unspecified atom stereocenters. The predicted octanol–water partition coefficient (Wildman–Crippen LogP) is 1.99. The van der Waals surface area contributed by atoms with Crippen LogP contribution in [0.15, 0.2) is 24.3 Å². The standard InChI is InChI=1S/C12H19NO2/c1-13-12(8-9-14-2)10-4-6-11(15-3)7-5-10/h4-7,12-13H,8-9H2,1-3H3. The number of methoxy groups -OCH3 is 2. The van der Waals surface area contributed by atoms with E-state index in [1.165, 1.54) is 5.56 Å². The zero-order chi connectivity index (χ0) is 11.1. The molecule has 1 aromatic carbocycles. The van der Waals surface area contributed by atoms with Gasteiger partial charge in [0.15, 0.2) is 0 Å². The topological polar surface area (TPSA) is 30.5 Å². The largest absolute Gasteiger partial charge is 0.497 e. The van der Waals surface area contributed by atoms with Crippen molar-refractivity contribution in [3.63, 3.8) is 0 Å². The summed E-state index contributed by atoms with van der Waals surface area (Å²) in [4.78, 5) is 0. The minimum Gasteiger partial charge on any atom is -0.497 e. The lowest BCUT2D eigenvalue weighted by molar-refractivity contribution is 0.184. The fourth-order valence-corrected chi connectivity index (χ4v) is 1.55. The van der Waals surface area contributed by atoms with Crippen LogP contribution >= 0.6 is 0 Å². The predicted molar refractivity (Wildman–Crippen MR) is 61.3 cm³/mol. The lowest BCUT2D eigenvalue weighted by Crippen LogP contribution is -2.17. The summed E-state index contributed by atoms with van der Waals surface area (Å²) < 4.78 is 10.2. The number of hydrogen-bond acceptors (Lipinski definition) is 3. The molecule has 0 aliphatic carbocycles. The molecule has 1 aromatic rings. The van der Waals surface area contributed by atoms with Gasteiger partial charge in [-0.2, -0.15) is 0 Å². The zero-order valence-corrected chi connectivity index (χ0v) is 9.62. The van der Waals surface area contributed by atoms with E-state index >= 15 is 0 Å². The number of benzene rings is 1. The Morgan fingerprint density at radius 3 is 2.33 bits per heavy atom. The molecule has 0 fully saturated rings. The van der Waals surface area contributed by atoms with E-state index in [1.807, 2.05) is 19.2 Å². The van der Waals surface area contributed by atoms with Gasteiger partial charge in [-0.25, -0.2) is 0 Å². The molecule has 0 bridgehead atoms. The van der Waals surface area contributed by atoms with Crippen LogP contribution in [-0.4, -0.2) is 27.9 Å². The molecule has 0 saturated carbocycles. The van der Waals surface area contributed by atoms with E-state index in [-0.39, 0.29) is 0 Å². The molecule has 0 saturated heterocycles. The number of rotatable bonds is 6. The summed E-state index contributed by atoms with van der Waals surface area (Å²) in [7, 11) is 5.36. The van der Waals surface area contributed by atoms with E-state index in [0.29, 0.717) is 6.04 Å². The van der Waals surface area contributed by atoms with E-state index in [0.717, 1.165) is 18.8 Å². The second kappa shape index (κ2) is 6.43. The smallest absolute Gasteiger partial charge is 0.118 e. The first-order chi connectivity index (χ1) is 7.31. The van der Waals surface area contributed by atoms with Crippen LogP contribution in [0.4, 0.5) is 0 Å².